The van der Waals surface area contributed by atoms with Crippen LogP contribution in [0, 0.1) is 5.41 Å². The van der Waals surface area contributed by atoms with Crippen LogP contribution >= 0.6 is 0 Å². The third-order valence-corrected chi connectivity index (χ3v) is 4.11. The highest BCUT2D eigenvalue weighted by Crippen LogP contribution is 2.37. The van der Waals surface area contributed by atoms with Crippen molar-refractivity contribution < 1.29 is 9.59 Å². The summed E-state index contributed by atoms with van der Waals surface area (Å²) in [5.74, 6) is -0.0971. The van der Waals surface area contributed by atoms with Crippen LogP contribution in [0.5, 0.6) is 0 Å². The number of fused-ring (bicyclic) bond motifs is 1. The molecule has 0 radical (unpaired) electrons. The largest absolute Gasteiger partial charge is 0.295 e. The van der Waals surface area contributed by atoms with Gasteiger partial charge >= 0.3 is 0 Å². The van der Waals surface area contributed by atoms with E-state index in [-0.39, 0.29) is 17.1 Å². The molecule has 1 aromatic heterocycles. The number of carbonyl (C=O) groups excluding carboxylic acids is 2. The number of hydrogen-bond donors (Lipinski definition) is 0. The lowest BCUT2D eigenvalue weighted by atomic mass is 9.76. The highest BCUT2D eigenvalue weighted by atomic mass is 16.1. The van der Waals surface area contributed by atoms with Crippen molar-refractivity contribution in [1.29, 1.82) is 0 Å². The van der Waals surface area contributed by atoms with E-state index < -0.39 is 5.41 Å². The second-order valence-corrected chi connectivity index (χ2v) is 6.31. The van der Waals surface area contributed by atoms with Gasteiger partial charge in [-0.05, 0) is 45.0 Å². The van der Waals surface area contributed by atoms with Crippen molar-refractivity contribution >= 4 is 17.3 Å². The predicted octanol–water partition coefficient (Wildman–Crippen LogP) is 3.16. The van der Waals surface area contributed by atoms with Crippen molar-refractivity contribution in [3.8, 4) is 0 Å². The van der Waals surface area contributed by atoms with Gasteiger partial charge in [-0.2, -0.15) is 0 Å². The molecule has 4 nitrogen and oxygen atoms in total. The van der Waals surface area contributed by atoms with Gasteiger partial charge in [0, 0.05) is 34.4 Å². The number of allylic oxidation sites excluding steroid dienone is 1. The van der Waals surface area contributed by atoms with Crippen molar-refractivity contribution in [2.75, 3.05) is 0 Å². The summed E-state index contributed by atoms with van der Waals surface area (Å²) >= 11 is 0. The first-order chi connectivity index (χ1) is 10.8. The molecule has 0 N–H and O–H groups in total. The molecule has 1 aromatic carbocycles. The van der Waals surface area contributed by atoms with Gasteiger partial charge in [-0.25, -0.2) is 0 Å². The number of pyridine rings is 1. The molecule has 0 saturated carbocycles. The van der Waals surface area contributed by atoms with Gasteiger partial charge in [0.1, 0.15) is 0 Å². The molecule has 1 aliphatic carbocycles. The summed E-state index contributed by atoms with van der Waals surface area (Å²) in [6, 6.07) is 9.93. The smallest absolute Gasteiger partial charge is 0.255 e. The minimum atomic E-state index is -0.713. The molecule has 0 fully saturated rings. The van der Waals surface area contributed by atoms with Crippen LogP contribution in [-0.4, -0.2) is 16.1 Å². The van der Waals surface area contributed by atoms with Crippen molar-refractivity contribution in [3.05, 3.63) is 75.7 Å². The Kier molecular flexibility index (Phi) is 3.40. The Morgan fingerprint density at radius 2 is 1.78 bits per heavy atom. The van der Waals surface area contributed by atoms with Gasteiger partial charge in [-0.1, -0.05) is 12.1 Å². The number of rotatable bonds is 2. The van der Waals surface area contributed by atoms with Gasteiger partial charge in [0.05, 0.1) is 5.70 Å². The molecule has 0 amide bonds. The van der Waals surface area contributed by atoms with Gasteiger partial charge in [0.15, 0.2) is 11.6 Å². The lowest BCUT2D eigenvalue weighted by Crippen LogP contribution is -2.30. The van der Waals surface area contributed by atoms with Crippen LogP contribution < -0.4 is 5.56 Å². The Balaban J connectivity index is 2.34. The Morgan fingerprint density at radius 3 is 2.43 bits per heavy atom. The van der Waals surface area contributed by atoms with Gasteiger partial charge < -0.3 is 0 Å². The third-order valence-electron chi connectivity index (χ3n) is 4.11. The lowest BCUT2D eigenvalue weighted by molar-refractivity contribution is 0.0881. The SMILES string of the molecule is CC(=O)c1ccc2c(c1)C(n1ccccc1=O)=CC(C)(C)C2=O. The Hall–Kier alpha value is -2.75. The standard InChI is InChI=1S/C19H17NO3/c1-12(21)13-7-8-14-15(10-13)16(11-19(2,3)18(14)23)20-9-5-4-6-17(20)22/h4-11H,1-3H3. The molecule has 1 aliphatic rings. The molecule has 3 rings (SSSR count). The van der Waals surface area contributed by atoms with E-state index in [1.165, 1.54) is 17.6 Å². The van der Waals surface area contributed by atoms with Crippen molar-refractivity contribution in [1.82, 2.24) is 4.57 Å². The molecule has 0 aliphatic heterocycles. The van der Waals surface area contributed by atoms with Crippen LogP contribution in [0.25, 0.3) is 5.70 Å². The zero-order valence-electron chi connectivity index (χ0n) is 13.3. The average molecular weight is 307 g/mol. The van der Waals surface area contributed by atoms with E-state index in [1.54, 1.807) is 42.6 Å². The number of aromatic nitrogens is 1. The highest BCUT2D eigenvalue weighted by Gasteiger charge is 2.34. The number of benzene rings is 1. The first-order valence-electron chi connectivity index (χ1n) is 7.42. The zero-order chi connectivity index (χ0) is 16.8. The molecular formula is C19H17NO3. The van der Waals surface area contributed by atoms with Gasteiger partial charge in [-0.3, -0.25) is 19.0 Å². The lowest BCUT2D eigenvalue weighted by Gasteiger charge is -2.29. The quantitative estimate of drug-likeness (QED) is 0.801. The van der Waals surface area contributed by atoms with E-state index in [1.807, 2.05) is 13.8 Å². The maximum Gasteiger partial charge on any atom is 0.255 e. The van der Waals surface area contributed by atoms with Crippen molar-refractivity contribution in [3.63, 3.8) is 0 Å². The summed E-state index contributed by atoms with van der Waals surface area (Å²) in [7, 11) is 0. The van der Waals surface area contributed by atoms with Crippen LogP contribution in [0.15, 0.2) is 53.5 Å². The van der Waals surface area contributed by atoms with Crippen LogP contribution in [0.3, 0.4) is 0 Å². The normalized spacial score (nSPS) is 15.8. The van der Waals surface area contributed by atoms with Gasteiger partial charge in [0.2, 0.25) is 0 Å². The third kappa shape index (κ3) is 2.46. The molecule has 0 unspecified atom stereocenters. The van der Waals surface area contributed by atoms with E-state index in [4.69, 9.17) is 0 Å². The highest BCUT2D eigenvalue weighted by molar-refractivity contribution is 6.09. The molecule has 116 valence electrons. The van der Waals surface area contributed by atoms with E-state index in [2.05, 4.69) is 0 Å². The average Bonchev–Trinajstić information content (AvgIpc) is 2.51. The summed E-state index contributed by atoms with van der Waals surface area (Å²) in [5, 5.41) is 0. The van der Waals surface area contributed by atoms with E-state index in [0.29, 0.717) is 22.4 Å². The zero-order valence-corrected chi connectivity index (χ0v) is 13.3. The Bertz CT molecular complexity index is 916. The summed E-state index contributed by atoms with van der Waals surface area (Å²) < 4.78 is 1.51. The first kappa shape index (κ1) is 15.2. The monoisotopic (exact) mass is 307 g/mol. The van der Waals surface area contributed by atoms with Gasteiger partial charge in [0.25, 0.3) is 5.56 Å². The van der Waals surface area contributed by atoms with Crippen molar-refractivity contribution in [2.45, 2.75) is 20.8 Å². The predicted molar refractivity (Wildman–Crippen MR) is 88.6 cm³/mol. The number of Topliss-reactive ketones (excluding diaryl/α,β-unsaturated/α-hetero) is 2. The Labute approximate surface area is 134 Å². The molecule has 1 heterocycles. The first-order valence-corrected chi connectivity index (χ1v) is 7.42. The van der Waals surface area contributed by atoms with E-state index in [9.17, 15) is 14.4 Å². The van der Waals surface area contributed by atoms with Crippen LogP contribution in [0.4, 0.5) is 0 Å². The summed E-state index contributed by atoms with van der Waals surface area (Å²) in [4.78, 5) is 36.6. The molecule has 2 aromatic rings. The minimum Gasteiger partial charge on any atom is -0.295 e. The second-order valence-electron chi connectivity index (χ2n) is 6.31. The summed E-state index contributed by atoms with van der Waals surface area (Å²) in [5.41, 5.74) is 1.42. The fraction of sp³-hybridized carbons (Fsp3) is 0.211. The molecule has 4 heteroatoms. The molecule has 0 atom stereocenters. The fourth-order valence-electron chi connectivity index (χ4n) is 2.83. The number of ketones is 2. The van der Waals surface area contributed by atoms with Crippen LogP contribution in [0.2, 0.25) is 0 Å². The minimum absolute atomic E-state index is 0.0182. The summed E-state index contributed by atoms with van der Waals surface area (Å²) in [6.45, 7) is 5.13. The number of nitrogens with zero attached hydrogens (tertiary/aromatic N) is 1. The maximum absolute atomic E-state index is 12.7. The van der Waals surface area contributed by atoms with Crippen molar-refractivity contribution in [2.24, 2.45) is 5.41 Å². The Morgan fingerprint density at radius 1 is 1.04 bits per heavy atom. The molecule has 0 spiro atoms. The summed E-state index contributed by atoms with van der Waals surface area (Å²) in [6.07, 6.45) is 3.47. The van der Waals surface area contributed by atoms with E-state index >= 15 is 0 Å². The van der Waals surface area contributed by atoms with E-state index in [0.717, 1.165) is 0 Å². The fourth-order valence-corrected chi connectivity index (χ4v) is 2.83. The number of hydrogen-bond acceptors (Lipinski definition) is 3. The van der Waals surface area contributed by atoms with Gasteiger partial charge in [-0.15, -0.1) is 0 Å². The molecular weight excluding hydrogens is 290 g/mol. The number of carbonyl (C=O) groups is 2. The molecule has 23 heavy (non-hydrogen) atoms. The topological polar surface area (TPSA) is 56.1 Å². The molecule has 0 bridgehead atoms. The maximum atomic E-state index is 12.7. The second kappa shape index (κ2) is 5.16. The van der Waals surface area contributed by atoms with Crippen LogP contribution in [0.1, 0.15) is 47.1 Å². The molecule has 0 saturated heterocycles. The van der Waals surface area contributed by atoms with Crippen LogP contribution in [-0.2, 0) is 0 Å².